The molecule has 3 aromatic carbocycles. The summed E-state index contributed by atoms with van der Waals surface area (Å²) in [6.45, 7) is 3.55. The van der Waals surface area contributed by atoms with Crippen molar-refractivity contribution in [1.29, 1.82) is 0 Å². The number of ether oxygens (including phenoxy) is 2. The van der Waals surface area contributed by atoms with Gasteiger partial charge < -0.3 is 9.47 Å². The van der Waals surface area contributed by atoms with Gasteiger partial charge >= 0.3 is 0 Å². The van der Waals surface area contributed by atoms with Gasteiger partial charge in [-0.15, -0.1) is 0 Å². The highest BCUT2D eigenvalue weighted by Gasteiger charge is 2.27. The molecule has 4 rings (SSSR count). The highest BCUT2D eigenvalue weighted by Crippen LogP contribution is 2.30. The molecular formula is C24H23N3O6S. The molecule has 0 aliphatic carbocycles. The standard InChI is InChI=1S/C24H23N3O6S/c1-15-7-8-16(2)22(13-15)34(30,31)27-18-11-9-17(10-12-18)23(28)25-26-24(29)21-14-32-19-5-3-4-6-20(19)33-21/h3-13,21,27H,14H2,1-2H3,(H,25,28)(H,26,29)/t21-/m0/s1. The van der Waals surface area contributed by atoms with E-state index in [1.54, 1.807) is 43.3 Å². The molecule has 0 spiro atoms. The molecule has 34 heavy (non-hydrogen) atoms. The first kappa shape index (κ1) is 23.1. The van der Waals surface area contributed by atoms with Crippen LogP contribution in [-0.2, 0) is 14.8 Å². The van der Waals surface area contributed by atoms with Gasteiger partial charge in [-0.2, -0.15) is 0 Å². The third-order valence-electron chi connectivity index (χ3n) is 5.13. The van der Waals surface area contributed by atoms with Gasteiger partial charge in [0.1, 0.15) is 6.61 Å². The first-order chi connectivity index (χ1) is 16.2. The molecule has 3 N–H and O–H groups in total. The van der Waals surface area contributed by atoms with Crippen LogP contribution in [0.25, 0.3) is 0 Å². The summed E-state index contributed by atoms with van der Waals surface area (Å²) >= 11 is 0. The van der Waals surface area contributed by atoms with Crippen LogP contribution in [0.3, 0.4) is 0 Å². The lowest BCUT2D eigenvalue weighted by Gasteiger charge is -2.25. The molecule has 1 atom stereocenters. The zero-order valence-electron chi connectivity index (χ0n) is 18.5. The number of aryl methyl sites for hydroxylation is 2. The number of hydrogen-bond acceptors (Lipinski definition) is 6. The van der Waals surface area contributed by atoms with Gasteiger partial charge in [0, 0.05) is 11.3 Å². The smallest absolute Gasteiger partial charge is 0.283 e. The molecule has 0 bridgehead atoms. The van der Waals surface area contributed by atoms with Crippen molar-refractivity contribution < 1.29 is 27.5 Å². The molecule has 0 aromatic heterocycles. The first-order valence-electron chi connectivity index (χ1n) is 10.4. The lowest BCUT2D eigenvalue weighted by atomic mass is 10.2. The molecule has 2 amide bonds. The fraction of sp³-hybridized carbons (Fsp3) is 0.167. The number of hydrogen-bond donors (Lipinski definition) is 3. The summed E-state index contributed by atoms with van der Waals surface area (Å²) in [5.74, 6) is -0.154. The molecule has 0 fully saturated rings. The van der Waals surface area contributed by atoms with Crippen molar-refractivity contribution in [3.8, 4) is 11.5 Å². The van der Waals surface area contributed by atoms with Gasteiger partial charge in [-0.1, -0.05) is 24.3 Å². The summed E-state index contributed by atoms with van der Waals surface area (Å²) in [7, 11) is -3.79. The van der Waals surface area contributed by atoms with E-state index >= 15 is 0 Å². The molecule has 0 radical (unpaired) electrons. The fourth-order valence-electron chi connectivity index (χ4n) is 3.32. The number of hydrazine groups is 1. The van der Waals surface area contributed by atoms with Crippen LogP contribution in [0.15, 0.2) is 71.6 Å². The Kier molecular flexibility index (Phi) is 6.42. The van der Waals surface area contributed by atoms with Crippen LogP contribution in [-0.4, -0.2) is 32.9 Å². The van der Waals surface area contributed by atoms with Gasteiger partial charge in [0.05, 0.1) is 4.90 Å². The molecule has 0 saturated heterocycles. The summed E-state index contributed by atoms with van der Waals surface area (Å²) in [6.07, 6.45) is -0.919. The highest BCUT2D eigenvalue weighted by molar-refractivity contribution is 7.92. The predicted octanol–water partition coefficient (Wildman–Crippen LogP) is 2.71. The molecule has 176 valence electrons. The SMILES string of the molecule is Cc1ccc(C)c(S(=O)(=O)Nc2ccc(C(=O)NNC(=O)[C@@H]3COc4ccccc4O3)cc2)c1. The lowest BCUT2D eigenvalue weighted by Crippen LogP contribution is -2.50. The molecule has 9 nitrogen and oxygen atoms in total. The van der Waals surface area contributed by atoms with Gasteiger partial charge in [0.15, 0.2) is 11.5 Å². The summed E-state index contributed by atoms with van der Waals surface area (Å²) in [5, 5.41) is 0. The Morgan fingerprint density at radius 1 is 0.912 bits per heavy atom. The maximum Gasteiger partial charge on any atom is 0.283 e. The normalized spacial score (nSPS) is 14.7. The number of carbonyl (C=O) groups excluding carboxylic acids is 2. The Morgan fingerprint density at radius 3 is 2.35 bits per heavy atom. The number of para-hydroxylation sites is 2. The average Bonchev–Trinajstić information content (AvgIpc) is 2.83. The molecule has 1 heterocycles. The van der Waals surface area contributed by atoms with Crippen molar-refractivity contribution in [3.05, 3.63) is 83.4 Å². The Morgan fingerprint density at radius 2 is 1.62 bits per heavy atom. The van der Waals surface area contributed by atoms with Crippen LogP contribution < -0.4 is 25.0 Å². The van der Waals surface area contributed by atoms with E-state index in [4.69, 9.17) is 9.47 Å². The molecule has 10 heteroatoms. The van der Waals surface area contributed by atoms with Gasteiger partial charge in [0.2, 0.25) is 6.10 Å². The number of anilines is 1. The summed E-state index contributed by atoms with van der Waals surface area (Å²) < 4.78 is 39.1. The van der Waals surface area contributed by atoms with Crippen LogP contribution in [0.1, 0.15) is 21.5 Å². The number of nitrogens with one attached hydrogen (secondary N) is 3. The Balaban J connectivity index is 1.34. The third kappa shape index (κ3) is 5.12. The maximum absolute atomic E-state index is 12.7. The number of benzene rings is 3. The molecule has 0 unspecified atom stereocenters. The zero-order chi connectivity index (χ0) is 24.3. The minimum Gasteiger partial charge on any atom is -0.485 e. The molecular weight excluding hydrogens is 458 g/mol. The summed E-state index contributed by atoms with van der Waals surface area (Å²) in [6, 6.07) is 18.0. The van der Waals surface area contributed by atoms with E-state index in [0.29, 0.717) is 22.7 Å². The molecule has 1 aliphatic rings. The minimum atomic E-state index is -3.79. The van der Waals surface area contributed by atoms with E-state index in [0.717, 1.165) is 5.56 Å². The monoisotopic (exact) mass is 481 g/mol. The van der Waals surface area contributed by atoms with E-state index < -0.39 is 27.9 Å². The van der Waals surface area contributed by atoms with Crippen LogP contribution >= 0.6 is 0 Å². The fourth-order valence-corrected chi connectivity index (χ4v) is 4.71. The van der Waals surface area contributed by atoms with Crippen LogP contribution in [0, 0.1) is 13.8 Å². The van der Waals surface area contributed by atoms with Crippen molar-refractivity contribution in [3.63, 3.8) is 0 Å². The minimum absolute atomic E-state index is 0.00791. The number of sulfonamides is 1. The van der Waals surface area contributed by atoms with Gasteiger partial charge in [-0.05, 0) is 67.4 Å². The Bertz CT molecular complexity index is 1340. The molecule has 0 saturated carbocycles. The van der Waals surface area contributed by atoms with Crippen molar-refractivity contribution in [2.24, 2.45) is 0 Å². The first-order valence-corrected chi connectivity index (χ1v) is 11.9. The van der Waals surface area contributed by atoms with Gasteiger partial charge in [0.25, 0.3) is 21.8 Å². The van der Waals surface area contributed by atoms with E-state index in [9.17, 15) is 18.0 Å². The number of rotatable bonds is 5. The second-order valence-corrected chi connectivity index (χ2v) is 9.41. The van der Waals surface area contributed by atoms with Crippen LogP contribution in [0.5, 0.6) is 11.5 Å². The van der Waals surface area contributed by atoms with Crippen molar-refractivity contribution in [2.75, 3.05) is 11.3 Å². The highest BCUT2D eigenvalue weighted by atomic mass is 32.2. The third-order valence-corrected chi connectivity index (χ3v) is 6.66. The molecule has 3 aromatic rings. The van der Waals surface area contributed by atoms with Crippen molar-refractivity contribution in [2.45, 2.75) is 24.8 Å². The number of amides is 2. The van der Waals surface area contributed by atoms with Gasteiger partial charge in [-0.25, -0.2) is 8.42 Å². The second-order valence-electron chi connectivity index (χ2n) is 7.76. The van der Waals surface area contributed by atoms with E-state index in [2.05, 4.69) is 15.6 Å². The van der Waals surface area contributed by atoms with E-state index in [-0.39, 0.29) is 17.1 Å². The largest absolute Gasteiger partial charge is 0.485 e. The Hall–Kier alpha value is -4.05. The molecule has 1 aliphatic heterocycles. The topological polar surface area (TPSA) is 123 Å². The lowest BCUT2D eigenvalue weighted by molar-refractivity contribution is -0.131. The van der Waals surface area contributed by atoms with Crippen molar-refractivity contribution >= 4 is 27.5 Å². The van der Waals surface area contributed by atoms with E-state index in [1.165, 1.54) is 24.3 Å². The number of carbonyl (C=O) groups is 2. The Labute approximate surface area is 197 Å². The van der Waals surface area contributed by atoms with Gasteiger partial charge in [-0.3, -0.25) is 25.2 Å². The summed E-state index contributed by atoms with van der Waals surface area (Å²) in [4.78, 5) is 24.9. The zero-order valence-corrected chi connectivity index (χ0v) is 19.3. The summed E-state index contributed by atoms with van der Waals surface area (Å²) in [5.41, 5.74) is 6.60. The van der Waals surface area contributed by atoms with Crippen LogP contribution in [0.4, 0.5) is 5.69 Å². The predicted molar refractivity (Wildman–Crippen MR) is 125 cm³/mol. The van der Waals surface area contributed by atoms with Crippen molar-refractivity contribution in [1.82, 2.24) is 10.9 Å². The van der Waals surface area contributed by atoms with E-state index in [1.807, 2.05) is 13.0 Å². The average molecular weight is 482 g/mol. The maximum atomic E-state index is 12.7. The van der Waals surface area contributed by atoms with Crippen LogP contribution in [0.2, 0.25) is 0 Å². The quantitative estimate of drug-likeness (QED) is 0.482. The second kappa shape index (κ2) is 9.44. The number of fused-ring (bicyclic) bond motifs is 1.